The Morgan fingerprint density at radius 3 is 2.68 bits per heavy atom. The molecule has 1 amide bonds. The fourth-order valence-electron chi connectivity index (χ4n) is 4.95. The summed E-state index contributed by atoms with van der Waals surface area (Å²) in [4.78, 5) is 12.8. The van der Waals surface area contributed by atoms with E-state index in [0.717, 1.165) is 12.3 Å². The molecule has 1 aliphatic heterocycles. The quantitative estimate of drug-likeness (QED) is 0.782. The predicted molar refractivity (Wildman–Crippen MR) is 105 cm³/mol. The third-order valence-corrected chi connectivity index (χ3v) is 8.28. The van der Waals surface area contributed by atoms with Gasteiger partial charge in [-0.3, -0.25) is 4.79 Å². The highest BCUT2D eigenvalue weighted by Gasteiger charge is 2.40. The number of carbonyl (C=O) groups excluding carboxylic acids is 1. The highest BCUT2D eigenvalue weighted by molar-refractivity contribution is 7.89. The van der Waals surface area contributed by atoms with Gasteiger partial charge in [0.2, 0.25) is 15.9 Å². The second-order valence-electron chi connectivity index (χ2n) is 8.07. The second-order valence-corrected chi connectivity index (χ2v) is 10.0. The molecule has 8 heteroatoms. The number of hydrogen-bond donors (Lipinski definition) is 1. The maximum atomic E-state index is 12.9. The summed E-state index contributed by atoms with van der Waals surface area (Å²) in [5, 5.41) is 2.89. The number of benzene rings is 1. The van der Waals surface area contributed by atoms with E-state index < -0.39 is 10.0 Å². The van der Waals surface area contributed by atoms with Gasteiger partial charge in [-0.15, -0.1) is 0 Å². The van der Waals surface area contributed by atoms with Crippen molar-refractivity contribution in [2.45, 2.75) is 37.0 Å². The van der Waals surface area contributed by atoms with Crippen molar-refractivity contribution >= 4 is 21.6 Å². The molecule has 1 saturated heterocycles. The van der Waals surface area contributed by atoms with Crippen molar-refractivity contribution in [1.82, 2.24) is 4.31 Å². The third kappa shape index (κ3) is 3.90. The number of morpholine rings is 1. The molecule has 0 spiro atoms. The predicted octanol–water partition coefficient (Wildman–Crippen LogP) is 2.48. The lowest BCUT2D eigenvalue weighted by molar-refractivity contribution is -0.117. The summed E-state index contributed by atoms with van der Waals surface area (Å²) in [7, 11) is -2.12. The van der Waals surface area contributed by atoms with E-state index >= 15 is 0 Å². The normalized spacial score (nSPS) is 27.7. The van der Waals surface area contributed by atoms with E-state index in [1.807, 2.05) is 0 Å². The molecule has 4 rings (SSSR count). The van der Waals surface area contributed by atoms with Crippen LogP contribution in [0.2, 0.25) is 0 Å². The Balaban J connectivity index is 1.49. The molecular formula is C20H28N2O5S. The number of carbonyl (C=O) groups is 1. The molecule has 1 N–H and O–H groups in total. The first-order valence-electron chi connectivity index (χ1n) is 10.0. The minimum absolute atomic E-state index is 0.0724. The SMILES string of the molecule is COc1ccc(S(=O)(=O)N2CCOCC2)cc1NC(=O)C[C@@H]1C[C@H]2CC[C@H]1C2. The first-order valence-corrected chi connectivity index (χ1v) is 11.5. The van der Waals surface area contributed by atoms with Crippen molar-refractivity contribution in [3.05, 3.63) is 18.2 Å². The van der Waals surface area contributed by atoms with Crippen LogP contribution in [-0.4, -0.2) is 52.0 Å². The standard InChI is InChI=1S/C20H28N2O5S/c1-26-19-5-4-17(28(24,25)22-6-8-27-9-7-22)13-18(19)21-20(23)12-16-11-14-2-3-15(16)10-14/h4-5,13-16H,2-3,6-12H2,1H3,(H,21,23)/t14-,15-,16-/m0/s1. The van der Waals surface area contributed by atoms with Crippen molar-refractivity contribution in [2.24, 2.45) is 17.8 Å². The van der Waals surface area contributed by atoms with Crippen LogP contribution in [0.3, 0.4) is 0 Å². The first-order chi connectivity index (χ1) is 13.5. The van der Waals surface area contributed by atoms with Crippen molar-refractivity contribution in [2.75, 3.05) is 38.7 Å². The van der Waals surface area contributed by atoms with Gasteiger partial charge in [0.25, 0.3) is 0 Å². The fourth-order valence-corrected chi connectivity index (χ4v) is 6.38. The minimum Gasteiger partial charge on any atom is -0.495 e. The summed E-state index contributed by atoms with van der Waals surface area (Å²) in [6.45, 7) is 1.45. The van der Waals surface area contributed by atoms with Gasteiger partial charge >= 0.3 is 0 Å². The zero-order valence-electron chi connectivity index (χ0n) is 16.2. The van der Waals surface area contributed by atoms with E-state index in [1.54, 1.807) is 6.07 Å². The monoisotopic (exact) mass is 408 g/mol. The van der Waals surface area contributed by atoms with Crippen LogP contribution in [0.5, 0.6) is 5.75 Å². The van der Waals surface area contributed by atoms with Crippen LogP contribution < -0.4 is 10.1 Å². The maximum absolute atomic E-state index is 12.9. The van der Waals surface area contributed by atoms with Gasteiger partial charge in [-0.2, -0.15) is 4.31 Å². The maximum Gasteiger partial charge on any atom is 0.243 e. The van der Waals surface area contributed by atoms with Crippen LogP contribution in [0.25, 0.3) is 0 Å². The topological polar surface area (TPSA) is 84.9 Å². The summed E-state index contributed by atoms with van der Waals surface area (Å²) in [5.41, 5.74) is 0.407. The van der Waals surface area contributed by atoms with Crippen molar-refractivity contribution < 1.29 is 22.7 Å². The smallest absolute Gasteiger partial charge is 0.243 e. The van der Waals surface area contributed by atoms with Gasteiger partial charge in [0, 0.05) is 19.5 Å². The summed E-state index contributed by atoms with van der Waals surface area (Å²) in [6, 6.07) is 4.62. The summed E-state index contributed by atoms with van der Waals surface area (Å²) >= 11 is 0. The highest BCUT2D eigenvalue weighted by atomic mass is 32.2. The lowest BCUT2D eigenvalue weighted by atomic mass is 9.86. The molecule has 0 unspecified atom stereocenters. The highest BCUT2D eigenvalue weighted by Crippen LogP contribution is 2.49. The van der Waals surface area contributed by atoms with Crippen LogP contribution in [0.1, 0.15) is 32.1 Å². The number of amides is 1. The van der Waals surface area contributed by atoms with Gasteiger partial charge in [-0.25, -0.2) is 8.42 Å². The Morgan fingerprint density at radius 1 is 1.25 bits per heavy atom. The summed E-state index contributed by atoms with van der Waals surface area (Å²) in [6.07, 6.45) is 5.43. The van der Waals surface area contributed by atoms with Crippen molar-refractivity contribution in [1.29, 1.82) is 0 Å². The number of ether oxygens (including phenoxy) is 2. The Morgan fingerprint density at radius 2 is 2.04 bits per heavy atom. The Labute approximate surface area is 166 Å². The van der Waals surface area contributed by atoms with Gasteiger partial charge < -0.3 is 14.8 Å². The number of fused-ring (bicyclic) bond motifs is 2. The van der Waals surface area contributed by atoms with Gasteiger partial charge in [0.05, 0.1) is 30.9 Å². The largest absolute Gasteiger partial charge is 0.495 e. The Bertz CT molecular complexity index is 835. The summed E-state index contributed by atoms with van der Waals surface area (Å²) in [5.74, 6) is 2.30. The molecule has 154 valence electrons. The van der Waals surface area contributed by atoms with Crippen LogP contribution in [0.15, 0.2) is 23.1 Å². The molecule has 1 aromatic carbocycles. The molecule has 0 aromatic heterocycles. The minimum atomic E-state index is -3.63. The Kier molecular flexibility index (Phi) is 5.62. The van der Waals surface area contributed by atoms with Crippen molar-refractivity contribution in [3.8, 4) is 5.75 Å². The van der Waals surface area contributed by atoms with Crippen LogP contribution in [0, 0.1) is 17.8 Å². The average molecular weight is 409 g/mol. The molecule has 3 atom stereocenters. The van der Waals surface area contributed by atoms with Crippen LogP contribution >= 0.6 is 0 Å². The zero-order valence-corrected chi connectivity index (χ0v) is 17.0. The molecule has 2 saturated carbocycles. The zero-order chi connectivity index (χ0) is 19.7. The lowest BCUT2D eigenvalue weighted by Gasteiger charge is -2.26. The van der Waals surface area contributed by atoms with Gasteiger partial charge in [-0.1, -0.05) is 6.42 Å². The Hall–Kier alpha value is -1.64. The number of nitrogens with zero attached hydrogens (tertiary/aromatic N) is 1. The number of rotatable bonds is 6. The number of sulfonamides is 1. The first kappa shape index (κ1) is 19.7. The average Bonchev–Trinajstić information content (AvgIpc) is 3.31. The molecule has 3 fully saturated rings. The van der Waals surface area contributed by atoms with E-state index in [-0.39, 0.29) is 10.8 Å². The number of nitrogens with one attached hydrogen (secondary N) is 1. The lowest BCUT2D eigenvalue weighted by Crippen LogP contribution is -2.40. The van der Waals surface area contributed by atoms with Gasteiger partial charge in [0.15, 0.2) is 0 Å². The molecular weight excluding hydrogens is 380 g/mol. The van der Waals surface area contributed by atoms with Gasteiger partial charge in [0.1, 0.15) is 5.75 Å². The molecule has 28 heavy (non-hydrogen) atoms. The molecule has 7 nitrogen and oxygen atoms in total. The second kappa shape index (κ2) is 8.00. The van der Waals surface area contributed by atoms with E-state index in [9.17, 15) is 13.2 Å². The molecule has 0 radical (unpaired) electrons. The third-order valence-electron chi connectivity index (χ3n) is 6.38. The van der Waals surface area contributed by atoms with Crippen LogP contribution in [0.4, 0.5) is 5.69 Å². The van der Waals surface area contributed by atoms with E-state index in [0.29, 0.717) is 56.0 Å². The van der Waals surface area contributed by atoms with Crippen molar-refractivity contribution in [3.63, 3.8) is 0 Å². The summed E-state index contributed by atoms with van der Waals surface area (Å²) < 4.78 is 37.8. The van der Waals surface area contributed by atoms with Crippen LogP contribution in [-0.2, 0) is 19.6 Å². The molecule has 1 aromatic rings. The molecule has 2 bridgehead atoms. The number of methoxy groups -OCH3 is 1. The number of hydrogen-bond acceptors (Lipinski definition) is 5. The fraction of sp³-hybridized carbons (Fsp3) is 0.650. The van der Waals surface area contributed by atoms with E-state index in [2.05, 4.69) is 5.32 Å². The molecule has 3 aliphatic rings. The molecule has 1 heterocycles. The van der Waals surface area contributed by atoms with E-state index in [4.69, 9.17) is 9.47 Å². The van der Waals surface area contributed by atoms with Gasteiger partial charge in [-0.05, 0) is 55.2 Å². The van der Waals surface area contributed by atoms with E-state index in [1.165, 1.54) is 42.8 Å². The number of anilines is 1. The molecule has 2 aliphatic carbocycles.